The number of nitrogens with one attached hydrogen (secondary N) is 1. The summed E-state index contributed by atoms with van der Waals surface area (Å²) in [6.45, 7) is 1.36. The van der Waals surface area contributed by atoms with Gasteiger partial charge in [-0.2, -0.15) is 5.10 Å². The molecule has 0 saturated heterocycles. The summed E-state index contributed by atoms with van der Waals surface area (Å²) in [5.74, 6) is -1.08. The molecule has 1 atom stereocenters. The van der Waals surface area contributed by atoms with Gasteiger partial charge >= 0.3 is 17.3 Å². The summed E-state index contributed by atoms with van der Waals surface area (Å²) in [7, 11) is 2.41. The van der Waals surface area contributed by atoms with Crippen molar-refractivity contribution < 1.29 is 23.9 Å². The van der Waals surface area contributed by atoms with Crippen molar-refractivity contribution in [3.05, 3.63) is 72.9 Å². The number of para-hydroxylation sites is 1. The Morgan fingerprint density at radius 1 is 1.25 bits per heavy atom. The van der Waals surface area contributed by atoms with Crippen LogP contribution in [0.25, 0.3) is 10.9 Å². The van der Waals surface area contributed by atoms with E-state index in [1.165, 1.54) is 26.2 Å². The van der Waals surface area contributed by atoms with Gasteiger partial charge in [0.2, 0.25) is 5.75 Å². The number of esters is 1. The number of methoxy groups -OCH3 is 2. The first kappa shape index (κ1) is 22.2. The number of aromatic amines is 1. The molecule has 32 heavy (non-hydrogen) atoms. The molecule has 0 fully saturated rings. The third-order valence-corrected chi connectivity index (χ3v) is 4.41. The second-order valence-corrected chi connectivity index (χ2v) is 6.45. The van der Waals surface area contributed by atoms with E-state index in [2.05, 4.69) is 14.8 Å². The number of nitro benzene ring substituents is 1. The van der Waals surface area contributed by atoms with Gasteiger partial charge in [-0.05, 0) is 25.1 Å². The molecule has 3 rings (SSSR count). The highest BCUT2D eigenvalue weighted by atomic mass is 16.6. The van der Waals surface area contributed by atoms with E-state index < -0.39 is 33.9 Å². The molecule has 0 saturated carbocycles. The van der Waals surface area contributed by atoms with Crippen LogP contribution >= 0.6 is 0 Å². The molecule has 1 N–H and O–H groups in total. The van der Waals surface area contributed by atoms with Crippen molar-refractivity contribution >= 4 is 28.8 Å². The standard InChI is InChI=1S/C20H18N4O8/c1-11(19(26)31-3)32-17-15(24(28)29)8-12(9-16(17)30-2)10-21-23-18(25)13-6-4-5-7-14(13)22-20(23)27/h4-11H,1-3H3,(H,22,27). The van der Waals surface area contributed by atoms with Crippen molar-refractivity contribution in [2.45, 2.75) is 13.0 Å². The molecule has 0 radical (unpaired) electrons. The van der Waals surface area contributed by atoms with Gasteiger partial charge in [0.25, 0.3) is 5.56 Å². The van der Waals surface area contributed by atoms with E-state index in [1.54, 1.807) is 18.2 Å². The summed E-state index contributed by atoms with van der Waals surface area (Å²) in [5, 5.41) is 15.7. The quantitative estimate of drug-likeness (QED) is 0.249. The lowest BCUT2D eigenvalue weighted by molar-refractivity contribution is -0.386. The van der Waals surface area contributed by atoms with E-state index in [0.717, 1.165) is 19.4 Å². The van der Waals surface area contributed by atoms with Crippen LogP contribution < -0.4 is 20.7 Å². The highest BCUT2D eigenvalue weighted by Crippen LogP contribution is 2.38. The molecule has 0 amide bonds. The van der Waals surface area contributed by atoms with Crippen LogP contribution in [0.2, 0.25) is 0 Å². The Kier molecular flexibility index (Phi) is 6.33. The Hall–Kier alpha value is -4.48. The molecule has 12 heteroatoms. The molecule has 2 aromatic carbocycles. The Bertz CT molecular complexity index is 1340. The first-order valence-electron chi connectivity index (χ1n) is 9.16. The second kappa shape index (κ2) is 9.12. The Morgan fingerprint density at radius 2 is 1.97 bits per heavy atom. The van der Waals surface area contributed by atoms with Crippen LogP contribution in [0.15, 0.2) is 51.1 Å². The maximum Gasteiger partial charge on any atom is 0.349 e. The third-order valence-electron chi connectivity index (χ3n) is 4.41. The van der Waals surface area contributed by atoms with Crippen LogP contribution in [0.5, 0.6) is 11.5 Å². The van der Waals surface area contributed by atoms with E-state index in [9.17, 15) is 24.5 Å². The van der Waals surface area contributed by atoms with E-state index in [4.69, 9.17) is 9.47 Å². The van der Waals surface area contributed by atoms with E-state index in [-0.39, 0.29) is 22.4 Å². The lowest BCUT2D eigenvalue weighted by atomic mass is 10.2. The van der Waals surface area contributed by atoms with Gasteiger partial charge in [0, 0.05) is 11.6 Å². The number of aromatic nitrogens is 2. The van der Waals surface area contributed by atoms with Crippen molar-refractivity contribution in [1.82, 2.24) is 9.66 Å². The molecule has 1 aromatic heterocycles. The van der Waals surface area contributed by atoms with E-state index in [1.807, 2.05) is 0 Å². The molecule has 12 nitrogen and oxygen atoms in total. The first-order chi connectivity index (χ1) is 15.3. The molecule has 166 valence electrons. The summed E-state index contributed by atoms with van der Waals surface area (Å²) >= 11 is 0. The summed E-state index contributed by atoms with van der Waals surface area (Å²) in [4.78, 5) is 49.8. The topological polar surface area (TPSA) is 155 Å². The Labute approximate surface area is 179 Å². The summed E-state index contributed by atoms with van der Waals surface area (Å²) in [6, 6.07) is 8.86. The predicted octanol–water partition coefficient (Wildman–Crippen LogP) is 1.43. The highest BCUT2D eigenvalue weighted by molar-refractivity contribution is 5.84. The highest BCUT2D eigenvalue weighted by Gasteiger charge is 2.26. The zero-order chi connectivity index (χ0) is 23.4. The summed E-state index contributed by atoms with van der Waals surface area (Å²) < 4.78 is 15.7. The molecule has 0 aliphatic carbocycles. The van der Waals surface area contributed by atoms with Gasteiger partial charge < -0.3 is 19.2 Å². The van der Waals surface area contributed by atoms with Crippen LogP contribution in [-0.4, -0.2) is 47.1 Å². The fraction of sp³-hybridized carbons (Fsp3) is 0.200. The number of benzene rings is 2. The summed E-state index contributed by atoms with van der Waals surface area (Å²) in [5.41, 5.74) is -1.45. The predicted molar refractivity (Wildman–Crippen MR) is 114 cm³/mol. The van der Waals surface area contributed by atoms with E-state index in [0.29, 0.717) is 10.2 Å². The SMILES string of the molecule is COC(=O)C(C)Oc1c(OC)cc(C=Nn2c(=O)[nH]c3ccccc3c2=O)cc1[N+](=O)[O-]. The maximum atomic E-state index is 12.6. The van der Waals surface area contributed by atoms with Gasteiger partial charge in [-0.3, -0.25) is 14.9 Å². The number of ether oxygens (including phenoxy) is 3. The van der Waals surface area contributed by atoms with Gasteiger partial charge in [-0.15, -0.1) is 4.68 Å². The number of H-pyrrole nitrogens is 1. The van der Waals surface area contributed by atoms with Gasteiger partial charge in [0.15, 0.2) is 11.9 Å². The minimum Gasteiger partial charge on any atom is -0.493 e. The number of rotatable bonds is 7. The number of hydrogen-bond acceptors (Lipinski definition) is 9. The molecular weight excluding hydrogens is 424 g/mol. The zero-order valence-corrected chi connectivity index (χ0v) is 17.2. The normalized spacial score (nSPS) is 12.0. The monoisotopic (exact) mass is 442 g/mol. The lowest BCUT2D eigenvalue weighted by Crippen LogP contribution is -2.32. The molecule has 0 aliphatic rings. The fourth-order valence-electron chi connectivity index (χ4n) is 2.86. The molecule has 1 unspecified atom stereocenters. The number of carbonyl (C=O) groups excluding carboxylic acids is 1. The van der Waals surface area contributed by atoms with Gasteiger partial charge in [0.1, 0.15) is 0 Å². The number of fused-ring (bicyclic) bond motifs is 1. The number of carbonyl (C=O) groups is 1. The molecule has 0 bridgehead atoms. The smallest absolute Gasteiger partial charge is 0.349 e. The Balaban J connectivity index is 2.07. The first-order valence-corrected chi connectivity index (χ1v) is 9.16. The maximum absolute atomic E-state index is 12.6. The van der Waals surface area contributed by atoms with Crippen LogP contribution in [0.3, 0.4) is 0 Å². The number of nitro groups is 1. The zero-order valence-electron chi connectivity index (χ0n) is 17.2. The molecule has 3 aromatic rings. The van der Waals surface area contributed by atoms with Crippen molar-refractivity contribution in [3.63, 3.8) is 0 Å². The third kappa shape index (κ3) is 4.33. The van der Waals surface area contributed by atoms with E-state index >= 15 is 0 Å². The largest absolute Gasteiger partial charge is 0.493 e. The number of nitrogens with zero attached hydrogens (tertiary/aromatic N) is 3. The average molecular weight is 442 g/mol. The van der Waals surface area contributed by atoms with Crippen LogP contribution in [0, 0.1) is 10.1 Å². The lowest BCUT2D eigenvalue weighted by Gasteiger charge is -2.15. The van der Waals surface area contributed by atoms with Crippen LogP contribution in [0.1, 0.15) is 12.5 Å². The van der Waals surface area contributed by atoms with Crippen molar-refractivity contribution in [3.8, 4) is 11.5 Å². The minimum absolute atomic E-state index is 0.0591. The van der Waals surface area contributed by atoms with Gasteiger partial charge in [-0.1, -0.05) is 12.1 Å². The molecule has 0 spiro atoms. The number of hydrogen-bond donors (Lipinski definition) is 1. The molecule has 1 heterocycles. The second-order valence-electron chi connectivity index (χ2n) is 6.45. The van der Waals surface area contributed by atoms with Crippen molar-refractivity contribution in [2.24, 2.45) is 5.10 Å². The van der Waals surface area contributed by atoms with Crippen molar-refractivity contribution in [2.75, 3.05) is 14.2 Å². The molecule has 0 aliphatic heterocycles. The Morgan fingerprint density at radius 3 is 2.62 bits per heavy atom. The van der Waals surface area contributed by atoms with Crippen molar-refractivity contribution in [1.29, 1.82) is 0 Å². The average Bonchev–Trinajstić information content (AvgIpc) is 2.78. The van der Waals surface area contributed by atoms with Gasteiger partial charge in [0.05, 0.1) is 36.3 Å². The fourth-order valence-corrected chi connectivity index (χ4v) is 2.86. The van der Waals surface area contributed by atoms with Crippen LogP contribution in [-0.2, 0) is 9.53 Å². The van der Waals surface area contributed by atoms with Crippen LogP contribution in [0.4, 0.5) is 5.69 Å². The van der Waals surface area contributed by atoms with Gasteiger partial charge in [-0.25, -0.2) is 9.59 Å². The molecular formula is C20H18N4O8. The summed E-state index contributed by atoms with van der Waals surface area (Å²) in [6.07, 6.45) is -0.0455. The minimum atomic E-state index is -1.14.